The first-order valence-electron chi connectivity index (χ1n) is 13.6. The van der Waals surface area contributed by atoms with Gasteiger partial charge in [-0.05, 0) is 49.6 Å². The number of hydrogen-bond acceptors (Lipinski definition) is 5. The molecule has 9 heteroatoms. The number of carbonyl (C=O) groups is 2. The molecule has 8 nitrogen and oxygen atoms in total. The molecule has 3 aromatic rings. The van der Waals surface area contributed by atoms with Crippen molar-refractivity contribution < 1.29 is 22.7 Å². The zero-order valence-corrected chi connectivity index (χ0v) is 24.5. The second-order valence-corrected chi connectivity index (χ2v) is 11.4. The van der Waals surface area contributed by atoms with Crippen molar-refractivity contribution in [1.82, 2.24) is 10.2 Å². The summed E-state index contributed by atoms with van der Waals surface area (Å²) in [7, 11) is -2.71. The number of methoxy groups -OCH3 is 1. The summed E-state index contributed by atoms with van der Waals surface area (Å²) in [5.74, 6) is -0.444. The Morgan fingerprint density at radius 2 is 1.65 bits per heavy atom. The standard InChI is InChI=1S/C31H39N3O5S/c1-5-7-20-32-31(36)27(6-2)33(22-25-15-13-14-24(3)21-25)30(35)23-34(28-18-11-12-19-29(28)39-4)40(37,38)26-16-9-8-10-17-26/h8-19,21,27H,5-7,20,22-23H2,1-4H3,(H,32,36). The average molecular weight is 566 g/mol. The molecule has 0 spiro atoms. The van der Waals surface area contributed by atoms with E-state index in [1.54, 1.807) is 42.5 Å². The maximum Gasteiger partial charge on any atom is 0.264 e. The molecule has 1 unspecified atom stereocenters. The predicted molar refractivity (Wildman–Crippen MR) is 158 cm³/mol. The van der Waals surface area contributed by atoms with Gasteiger partial charge in [-0.1, -0.05) is 80.4 Å². The Morgan fingerprint density at radius 3 is 2.30 bits per heavy atom. The van der Waals surface area contributed by atoms with Crippen LogP contribution in [0, 0.1) is 6.92 Å². The Bertz CT molecular complexity index is 1380. The first-order valence-corrected chi connectivity index (χ1v) is 15.0. The van der Waals surface area contributed by atoms with Gasteiger partial charge in [-0.2, -0.15) is 0 Å². The maximum absolute atomic E-state index is 14.1. The third-order valence-electron chi connectivity index (χ3n) is 6.61. The zero-order valence-electron chi connectivity index (χ0n) is 23.7. The second kappa shape index (κ2) is 14.5. The van der Waals surface area contributed by atoms with Crippen molar-refractivity contribution in [3.63, 3.8) is 0 Å². The van der Waals surface area contributed by atoms with Crippen LogP contribution < -0.4 is 14.4 Å². The van der Waals surface area contributed by atoms with E-state index in [2.05, 4.69) is 5.32 Å². The van der Waals surface area contributed by atoms with Gasteiger partial charge in [0.15, 0.2) is 0 Å². The van der Waals surface area contributed by atoms with E-state index in [1.165, 1.54) is 24.1 Å². The summed E-state index contributed by atoms with van der Waals surface area (Å²) in [6.45, 7) is 6.00. The van der Waals surface area contributed by atoms with Crippen molar-refractivity contribution in [2.45, 2.75) is 57.5 Å². The van der Waals surface area contributed by atoms with Crippen LogP contribution in [0.3, 0.4) is 0 Å². The summed E-state index contributed by atoms with van der Waals surface area (Å²) in [5, 5.41) is 2.94. The fourth-order valence-corrected chi connectivity index (χ4v) is 5.95. The van der Waals surface area contributed by atoms with E-state index >= 15 is 0 Å². The van der Waals surface area contributed by atoms with E-state index in [0.717, 1.165) is 28.3 Å². The lowest BCUT2D eigenvalue weighted by atomic mass is 10.1. The van der Waals surface area contributed by atoms with Crippen LogP contribution in [0.4, 0.5) is 5.69 Å². The summed E-state index contributed by atoms with van der Waals surface area (Å²) in [6, 6.07) is 21.6. The number of benzene rings is 3. The number of nitrogens with one attached hydrogen (secondary N) is 1. The molecule has 0 heterocycles. The Morgan fingerprint density at radius 1 is 0.950 bits per heavy atom. The van der Waals surface area contributed by atoms with Crippen LogP contribution in [0.2, 0.25) is 0 Å². The topological polar surface area (TPSA) is 96.0 Å². The summed E-state index contributed by atoms with van der Waals surface area (Å²) in [5.41, 5.74) is 2.11. The minimum absolute atomic E-state index is 0.0447. The number of nitrogens with zero attached hydrogens (tertiary/aromatic N) is 2. The van der Waals surface area contributed by atoms with Crippen LogP contribution in [0.15, 0.2) is 83.8 Å². The lowest BCUT2D eigenvalue weighted by Gasteiger charge is -2.33. The van der Waals surface area contributed by atoms with E-state index in [1.807, 2.05) is 45.0 Å². The third-order valence-corrected chi connectivity index (χ3v) is 8.39. The molecule has 3 aromatic carbocycles. The summed E-state index contributed by atoms with van der Waals surface area (Å²) >= 11 is 0. The van der Waals surface area contributed by atoms with Crippen molar-refractivity contribution in [3.8, 4) is 5.75 Å². The lowest BCUT2D eigenvalue weighted by Crippen LogP contribution is -2.52. The monoisotopic (exact) mass is 565 g/mol. The van der Waals surface area contributed by atoms with Gasteiger partial charge in [0.25, 0.3) is 10.0 Å². The molecule has 0 aliphatic carbocycles. The molecule has 214 valence electrons. The first-order chi connectivity index (χ1) is 19.2. The molecule has 0 fully saturated rings. The molecule has 0 saturated heterocycles. The highest BCUT2D eigenvalue weighted by Gasteiger charge is 2.34. The first kappa shape index (κ1) is 30.7. The molecule has 0 radical (unpaired) electrons. The number of carbonyl (C=O) groups excluding carboxylic acids is 2. The highest BCUT2D eigenvalue weighted by molar-refractivity contribution is 7.92. The fourth-order valence-electron chi connectivity index (χ4n) is 4.50. The number of amides is 2. The van der Waals surface area contributed by atoms with Gasteiger partial charge in [0, 0.05) is 13.1 Å². The van der Waals surface area contributed by atoms with Crippen molar-refractivity contribution >= 4 is 27.5 Å². The second-order valence-electron chi connectivity index (χ2n) is 9.58. The molecule has 2 amide bonds. The average Bonchev–Trinajstić information content (AvgIpc) is 2.96. The van der Waals surface area contributed by atoms with Gasteiger partial charge in [-0.25, -0.2) is 8.42 Å². The van der Waals surface area contributed by atoms with E-state index in [9.17, 15) is 18.0 Å². The summed E-state index contributed by atoms with van der Waals surface area (Å²) in [6.07, 6.45) is 2.12. The van der Waals surface area contributed by atoms with Gasteiger partial charge in [0.2, 0.25) is 11.8 Å². The van der Waals surface area contributed by atoms with Gasteiger partial charge in [-0.3, -0.25) is 13.9 Å². The maximum atomic E-state index is 14.1. The molecule has 0 saturated carbocycles. The smallest absolute Gasteiger partial charge is 0.264 e. The van der Waals surface area contributed by atoms with E-state index in [4.69, 9.17) is 4.74 Å². The van der Waals surface area contributed by atoms with Crippen LogP contribution in [-0.2, 0) is 26.2 Å². The highest BCUT2D eigenvalue weighted by atomic mass is 32.2. The Hall–Kier alpha value is -3.85. The largest absolute Gasteiger partial charge is 0.495 e. The highest BCUT2D eigenvalue weighted by Crippen LogP contribution is 2.32. The molecule has 40 heavy (non-hydrogen) atoms. The van der Waals surface area contributed by atoms with Crippen molar-refractivity contribution in [3.05, 3.63) is 90.0 Å². The van der Waals surface area contributed by atoms with Gasteiger partial charge >= 0.3 is 0 Å². The lowest BCUT2D eigenvalue weighted by molar-refractivity contribution is -0.140. The summed E-state index contributed by atoms with van der Waals surface area (Å²) in [4.78, 5) is 28.9. The molecule has 3 rings (SSSR count). The molecular formula is C31H39N3O5S. The number of hydrogen-bond donors (Lipinski definition) is 1. The molecule has 0 bridgehead atoms. The number of aryl methyl sites for hydroxylation is 1. The van der Waals surface area contributed by atoms with E-state index in [0.29, 0.717) is 18.7 Å². The summed E-state index contributed by atoms with van der Waals surface area (Å²) < 4.78 is 34.4. The van der Waals surface area contributed by atoms with Crippen LogP contribution >= 0.6 is 0 Å². The van der Waals surface area contributed by atoms with Crippen LogP contribution in [0.25, 0.3) is 0 Å². The van der Waals surface area contributed by atoms with Gasteiger partial charge in [0.05, 0.1) is 17.7 Å². The van der Waals surface area contributed by atoms with Crippen LogP contribution in [-0.4, -0.2) is 51.4 Å². The molecule has 0 aliphatic heterocycles. The number of rotatable bonds is 14. The molecule has 1 atom stereocenters. The van der Waals surface area contributed by atoms with Crippen molar-refractivity contribution in [2.75, 3.05) is 24.5 Å². The third kappa shape index (κ3) is 7.63. The quantitative estimate of drug-likeness (QED) is 0.280. The van der Waals surface area contributed by atoms with Crippen molar-refractivity contribution in [2.24, 2.45) is 0 Å². The fraction of sp³-hybridized carbons (Fsp3) is 0.355. The SMILES string of the molecule is CCCCNC(=O)C(CC)N(Cc1cccc(C)c1)C(=O)CN(c1ccccc1OC)S(=O)(=O)c1ccccc1. The minimum Gasteiger partial charge on any atom is -0.495 e. The number of para-hydroxylation sites is 2. The Balaban J connectivity index is 2.06. The van der Waals surface area contributed by atoms with Crippen LogP contribution in [0.5, 0.6) is 5.75 Å². The predicted octanol–water partition coefficient (Wildman–Crippen LogP) is 4.92. The Labute approximate surface area is 238 Å². The van der Waals surface area contributed by atoms with E-state index < -0.39 is 28.5 Å². The number of anilines is 1. The minimum atomic E-state index is -4.16. The van der Waals surface area contributed by atoms with Crippen molar-refractivity contribution in [1.29, 1.82) is 0 Å². The van der Waals surface area contributed by atoms with Crippen LogP contribution in [0.1, 0.15) is 44.2 Å². The van der Waals surface area contributed by atoms with Gasteiger partial charge in [0.1, 0.15) is 18.3 Å². The number of sulfonamides is 1. The van der Waals surface area contributed by atoms with Gasteiger partial charge in [-0.15, -0.1) is 0 Å². The molecule has 1 N–H and O–H groups in total. The Kier molecular flexibility index (Phi) is 11.1. The van der Waals surface area contributed by atoms with Gasteiger partial charge < -0.3 is 15.0 Å². The molecule has 0 aliphatic rings. The molecule has 0 aromatic heterocycles. The molecular weight excluding hydrogens is 526 g/mol. The zero-order chi connectivity index (χ0) is 29.1. The number of unbranched alkanes of at least 4 members (excludes halogenated alkanes) is 1. The van der Waals surface area contributed by atoms with E-state index in [-0.39, 0.29) is 23.0 Å². The number of ether oxygens (including phenoxy) is 1. The normalized spacial score (nSPS) is 11.9.